The van der Waals surface area contributed by atoms with E-state index in [-0.39, 0.29) is 5.75 Å². The Hall–Kier alpha value is -2.00. The number of aryl methyl sites for hydroxylation is 1. The van der Waals surface area contributed by atoms with Crippen LogP contribution in [0.2, 0.25) is 0 Å². The fourth-order valence-corrected chi connectivity index (χ4v) is 2.11. The highest BCUT2D eigenvalue weighted by Gasteiger charge is 2.02. The van der Waals surface area contributed by atoms with Crippen LogP contribution < -0.4 is 10.1 Å². The van der Waals surface area contributed by atoms with Crippen molar-refractivity contribution >= 4 is 0 Å². The SMILES string of the molecule is COc1ccc(CNCCCc2ccccc2)c(O)c1. The van der Waals surface area contributed by atoms with Gasteiger partial charge in [0.1, 0.15) is 11.5 Å². The number of hydrogen-bond acceptors (Lipinski definition) is 3. The standard InChI is InChI=1S/C17H21NO2/c1-20-16-10-9-15(17(19)12-16)13-18-11-5-8-14-6-3-2-4-7-14/h2-4,6-7,9-10,12,18-19H,5,8,11,13H2,1H3. The van der Waals surface area contributed by atoms with Crippen LogP contribution in [0.3, 0.4) is 0 Å². The summed E-state index contributed by atoms with van der Waals surface area (Å²) in [6, 6.07) is 15.9. The molecule has 0 saturated heterocycles. The molecule has 2 N–H and O–H groups in total. The van der Waals surface area contributed by atoms with Crippen molar-refractivity contribution in [2.24, 2.45) is 0 Å². The quantitative estimate of drug-likeness (QED) is 0.760. The summed E-state index contributed by atoms with van der Waals surface area (Å²) in [6.07, 6.45) is 2.16. The van der Waals surface area contributed by atoms with E-state index in [9.17, 15) is 5.11 Å². The van der Waals surface area contributed by atoms with Crippen LogP contribution in [0, 0.1) is 0 Å². The van der Waals surface area contributed by atoms with Crippen LogP contribution >= 0.6 is 0 Å². The van der Waals surface area contributed by atoms with Crippen molar-refractivity contribution < 1.29 is 9.84 Å². The molecule has 2 aromatic carbocycles. The Balaban J connectivity index is 1.71. The molecule has 0 bridgehead atoms. The first-order valence-corrected chi connectivity index (χ1v) is 6.90. The van der Waals surface area contributed by atoms with Gasteiger partial charge in [-0.05, 0) is 31.0 Å². The predicted octanol–water partition coefficient (Wildman–Crippen LogP) is 3.12. The van der Waals surface area contributed by atoms with Crippen molar-refractivity contribution in [3.63, 3.8) is 0 Å². The number of nitrogens with one attached hydrogen (secondary N) is 1. The second-order valence-corrected chi connectivity index (χ2v) is 4.76. The van der Waals surface area contributed by atoms with Gasteiger partial charge in [0.05, 0.1) is 7.11 Å². The molecular weight excluding hydrogens is 250 g/mol. The van der Waals surface area contributed by atoms with Gasteiger partial charge in [0.2, 0.25) is 0 Å². The lowest BCUT2D eigenvalue weighted by atomic mass is 10.1. The highest BCUT2D eigenvalue weighted by Crippen LogP contribution is 2.23. The molecular formula is C17H21NO2. The first-order chi connectivity index (χ1) is 9.79. The molecule has 3 heteroatoms. The van der Waals surface area contributed by atoms with Crippen molar-refractivity contribution in [2.75, 3.05) is 13.7 Å². The third-order valence-corrected chi connectivity index (χ3v) is 3.27. The molecule has 0 aliphatic carbocycles. The molecule has 0 radical (unpaired) electrons. The van der Waals surface area contributed by atoms with Crippen LogP contribution in [0.4, 0.5) is 0 Å². The van der Waals surface area contributed by atoms with E-state index in [0.717, 1.165) is 24.9 Å². The summed E-state index contributed by atoms with van der Waals surface area (Å²) in [5.74, 6) is 0.954. The van der Waals surface area contributed by atoms with Gasteiger partial charge in [0.25, 0.3) is 0 Å². The van der Waals surface area contributed by atoms with Gasteiger partial charge in [-0.2, -0.15) is 0 Å². The minimum atomic E-state index is 0.278. The van der Waals surface area contributed by atoms with Crippen LogP contribution in [0.5, 0.6) is 11.5 Å². The normalized spacial score (nSPS) is 10.4. The van der Waals surface area contributed by atoms with Gasteiger partial charge in [-0.25, -0.2) is 0 Å². The molecule has 0 saturated carbocycles. The summed E-state index contributed by atoms with van der Waals surface area (Å²) in [7, 11) is 1.59. The first-order valence-electron chi connectivity index (χ1n) is 6.90. The third kappa shape index (κ3) is 4.28. The minimum Gasteiger partial charge on any atom is -0.507 e. The van der Waals surface area contributed by atoms with Gasteiger partial charge >= 0.3 is 0 Å². The molecule has 0 aliphatic heterocycles. The average molecular weight is 271 g/mol. The highest BCUT2D eigenvalue weighted by molar-refractivity contribution is 5.39. The predicted molar refractivity (Wildman–Crippen MR) is 81.1 cm³/mol. The third-order valence-electron chi connectivity index (χ3n) is 3.27. The lowest BCUT2D eigenvalue weighted by Gasteiger charge is -2.08. The zero-order chi connectivity index (χ0) is 14.2. The highest BCUT2D eigenvalue weighted by atomic mass is 16.5. The largest absolute Gasteiger partial charge is 0.507 e. The Morgan fingerprint density at radius 3 is 2.60 bits per heavy atom. The van der Waals surface area contributed by atoms with E-state index in [4.69, 9.17) is 4.74 Å². The van der Waals surface area contributed by atoms with E-state index in [1.54, 1.807) is 13.2 Å². The van der Waals surface area contributed by atoms with Crippen molar-refractivity contribution in [3.8, 4) is 11.5 Å². The van der Waals surface area contributed by atoms with Crippen molar-refractivity contribution in [1.82, 2.24) is 5.32 Å². The molecule has 0 aromatic heterocycles. The second-order valence-electron chi connectivity index (χ2n) is 4.76. The van der Waals surface area contributed by atoms with Crippen molar-refractivity contribution in [2.45, 2.75) is 19.4 Å². The number of rotatable bonds is 7. The van der Waals surface area contributed by atoms with Gasteiger partial charge in [-0.1, -0.05) is 36.4 Å². The molecule has 2 aromatic rings. The maximum atomic E-state index is 9.84. The van der Waals surface area contributed by atoms with E-state index in [1.807, 2.05) is 18.2 Å². The number of hydrogen-bond donors (Lipinski definition) is 2. The molecule has 0 fully saturated rings. The number of phenolic OH excluding ortho intramolecular Hbond substituents is 1. The van der Waals surface area contributed by atoms with Crippen LogP contribution in [0.1, 0.15) is 17.5 Å². The molecule has 0 heterocycles. The summed E-state index contributed by atoms with van der Waals surface area (Å²) in [5.41, 5.74) is 2.26. The van der Waals surface area contributed by atoms with Crippen molar-refractivity contribution in [1.29, 1.82) is 0 Å². The van der Waals surface area contributed by atoms with Gasteiger partial charge in [-0.15, -0.1) is 0 Å². The molecule has 0 unspecified atom stereocenters. The summed E-state index contributed by atoms with van der Waals surface area (Å²) >= 11 is 0. The number of ether oxygens (including phenoxy) is 1. The van der Waals surface area contributed by atoms with Gasteiger partial charge in [0, 0.05) is 18.2 Å². The summed E-state index contributed by atoms with van der Waals surface area (Å²) in [5, 5.41) is 13.2. The molecule has 0 aliphatic rings. The first kappa shape index (κ1) is 14.4. The van der Waals surface area contributed by atoms with Gasteiger partial charge in [-0.3, -0.25) is 0 Å². The maximum Gasteiger partial charge on any atom is 0.123 e. The second kappa shape index (κ2) is 7.56. The molecule has 20 heavy (non-hydrogen) atoms. The summed E-state index contributed by atoms with van der Waals surface area (Å²) < 4.78 is 5.06. The molecule has 0 amide bonds. The maximum absolute atomic E-state index is 9.84. The van der Waals surface area contributed by atoms with Crippen molar-refractivity contribution in [3.05, 3.63) is 59.7 Å². The van der Waals surface area contributed by atoms with E-state index in [1.165, 1.54) is 5.56 Å². The molecule has 2 rings (SSSR count). The van der Waals surface area contributed by atoms with E-state index in [2.05, 4.69) is 29.6 Å². The monoisotopic (exact) mass is 271 g/mol. The van der Waals surface area contributed by atoms with Crippen LogP contribution in [-0.2, 0) is 13.0 Å². The number of benzene rings is 2. The van der Waals surface area contributed by atoms with E-state index >= 15 is 0 Å². The fourth-order valence-electron chi connectivity index (χ4n) is 2.11. The lowest BCUT2D eigenvalue weighted by Crippen LogP contribution is -2.15. The summed E-state index contributed by atoms with van der Waals surface area (Å²) in [4.78, 5) is 0. The molecule has 0 spiro atoms. The Labute approximate surface area is 120 Å². The van der Waals surface area contributed by atoms with E-state index < -0.39 is 0 Å². The van der Waals surface area contributed by atoms with Gasteiger partial charge < -0.3 is 15.2 Å². The van der Waals surface area contributed by atoms with Crippen LogP contribution in [-0.4, -0.2) is 18.8 Å². The zero-order valence-corrected chi connectivity index (χ0v) is 11.8. The Morgan fingerprint density at radius 2 is 1.90 bits per heavy atom. The zero-order valence-electron chi connectivity index (χ0n) is 11.8. The average Bonchev–Trinajstić information content (AvgIpc) is 2.49. The Bertz CT molecular complexity index is 526. The molecule has 106 valence electrons. The number of methoxy groups -OCH3 is 1. The van der Waals surface area contributed by atoms with Crippen LogP contribution in [0.15, 0.2) is 48.5 Å². The molecule has 0 atom stereocenters. The Kier molecular flexibility index (Phi) is 5.44. The topological polar surface area (TPSA) is 41.5 Å². The fraction of sp³-hybridized carbons (Fsp3) is 0.294. The van der Waals surface area contributed by atoms with E-state index in [0.29, 0.717) is 12.3 Å². The number of aromatic hydroxyl groups is 1. The number of phenols is 1. The van der Waals surface area contributed by atoms with Gasteiger partial charge in [0.15, 0.2) is 0 Å². The Morgan fingerprint density at radius 1 is 1.10 bits per heavy atom. The summed E-state index contributed by atoms with van der Waals surface area (Å²) in [6.45, 7) is 1.60. The smallest absolute Gasteiger partial charge is 0.123 e. The lowest BCUT2D eigenvalue weighted by molar-refractivity contribution is 0.406. The minimum absolute atomic E-state index is 0.278. The van der Waals surface area contributed by atoms with Crippen LogP contribution in [0.25, 0.3) is 0 Å². The molecule has 3 nitrogen and oxygen atoms in total.